The topological polar surface area (TPSA) is 23.6 Å². The van der Waals surface area contributed by atoms with Crippen LogP contribution in [0.2, 0.25) is 0 Å². The molecule has 34 heavy (non-hydrogen) atoms. The Kier molecular flexibility index (Phi) is 8.07. The van der Waals surface area contributed by atoms with Crippen LogP contribution in [-0.2, 0) is 17.8 Å². The quantitative estimate of drug-likeness (QED) is 0.409. The summed E-state index contributed by atoms with van der Waals surface area (Å²) in [5.74, 6) is -0.352. The molecule has 1 unspecified atom stereocenters. The van der Waals surface area contributed by atoms with E-state index in [4.69, 9.17) is 0 Å². The SMILES string of the molecule is CC(=O)N(Cc1ccc(F)cc1)C(c1ccc(F)cc1)C1CCN(CCc2ccccc2)CC1. The molecule has 1 atom stereocenters. The molecule has 0 aromatic heterocycles. The summed E-state index contributed by atoms with van der Waals surface area (Å²) in [5, 5.41) is 0. The zero-order valence-corrected chi connectivity index (χ0v) is 19.7. The van der Waals surface area contributed by atoms with Gasteiger partial charge >= 0.3 is 0 Å². The number of hydrogen-bond acceptors (Lipinski definition) is 2. The van der Waals surface area contributed by atoms with Crippen molar-refractivity contribution in [2.45, 2.75) is 38.8 Å². The third-order valence-electron chi connectivity index (χ3n) is 6.86. The van der Waals surface area contributed by atoms with Crippen molar-refractivity contribution in [3.8, 4) is 0 Å². The van der Waals surface area contributed by atoms with Crippen molar-refractivity contribution in [1.82, 2.24) is 9.80 Å². The van der Waals surface area contributed by atoms with Crippen molar-refractivity contribution >= 4 is 5.91 Å². The smallest absolute Gasteiger partial charge is 0.220 e. The minimum absolute atomic E-state index is 0.0369. The Morgan fingerprint density at radius 2 is 1.47 bits per heavy atom. The van der Waals surface area contributed by atoms with Gasteiger partial charge in [-0.1, -0.05) is 54.6 Å². The van der Waals surface area contributed by atoms with Gasteiger partial charge in [-0.3, -0.25) is 4.79 Å². The van der Waals surface area contributed by atoms with Crippen molar-refractivity contribution < 1.29 is 13.6 Å². The van der Waals surface area contributed by atoms with Gasteiger partial charge in [-0.25, -0.2) is 8.78 Å². The number of carbonyl (C=O) groups excluding carboxylic acids is 1. The third kappa shape index (κ3) is 6.29. The number of amides is 1. The predicted molar refractivity (Wildman–Crippen MR) is 131 cm³/mol. The summed E-state index contributed by atoms with van der Waals surface area (Å²) in [4.78, 5) is 17.2. The summed E-state index contributed by atoms with van der Waals surface area (Å²) in [6.07, 6.45) is 2.95. The Morgan fingerprint density at radius 1 is 0.882 bits per heavy atom. The zero-order valence-electron chi connectivity index (χ0n) is 19.7. The number of piperidine rings is 1. The fourth-order valence-corrected chi connectivity index (χ4v) is 4.98. The number of benzene rings is 3. The van der Waals surface area contributed by atoms with Gasteiger partial charge in [0.1, 0.15) is 11.6 Å². The molecule has 0 radical (unpaired) electrons. The molecule has 0 N–H and O–H groups in total. The Labute approximate surface area is 201 Å². The molecule has 1 heterocycles. The largest absolute Gasteiger partial charge is 0.331 e. The van der Waals surface area contributed by atoms with Gasteiger partial charge in [0.15, 0.2) is 0 Å². The number of hydrogen-bond donors (Lipinski definition) is 0. The van der Waals surface area contributed by atoms with Crippen LogP contribution in [0, 0.1) is 17.6 Å². The van der Waals surface area contributed by atoms with Crippen LogP contribution >= 0.6 is 0 Å². The van der Waals surface area contributed by atoms with Crippen LogP contribution in [0.1, 0.15) is 42.5 Å². The molecule has 1 amide bonds. The lowest BCUT2D eigenvalue weighted by molar-refractivity contribution is -0.133. The first-order valence-electron chi connectivity index (χ1n) is 12.0. The number of halogens is 2. The zero-order chi connectivity index (χ0) is 23.9. The second-order valence-electron chi connectivity index (χ2n) is 9.18. The first kappa shape index (κ1) is 24.1. The summed E-state index contributed by atoms with van der Waals surface area (Å²) in [5.41, 5.74) is 3.17. The second kappa shape index (κ2) is 11.4. The Morgan fingerprint density at radius 3 is 2.06 bits per heavy atom. The molecule has 1 saturated heterocycles. The maximum atomic E-state index is 13.7. The van der Waals surface area contributed by atoms with Crippen LogP contribution in [0.4, 0.5) is 8.78 Å². The van der Waals surface area contributed by atoms with Crippen molar-refractivity contribution in [3.05, 3.63) is 107 Å². The summed E-state index contributed by atoms with van der Waals surface area (Å²) < 4.78 is 27.1. The first-order valence-corrected chi connectivity index (χ1v) is 12.0. The molecule has 0 aliphatic carbocycles. The molecule has 5 heteroatoms. The second-order valence-corrected chi connectivity index (χ2v) is 9.18. The molecule has 0 saturated carbocycles. The standard InChI is InChI=1S/C29H32F2N2O/c1-22(34)33(21-24-7-11-27(30)12-8-24)29(25-9-13-28(31)14-10-25)26-16-19-32(20-17-26)18-15-23-5-3-2-4-6-23/h2-14,26,29H,15-21H2,1H3. The number of nitrogens with zero attached hydrogens (tertiary/aromatic N) is 2. The lowest BCUT2D eigenvalue weighted by atomic mass is 9.83. The van der Waals surface area contributed by atoms with Crippen LogP contribution in [0.25, 0.3) is 0 Å². The molecule has 0 bridgehead atoms. The van der Waals surface area contributed by atoms with Gasteiger partial charge in [0.05, 0.1) is 6.04 Å². The molecule has 178 valence electrons. The van der Waals surface area contributed by atoms with E-state index in [9.17, 15) is 13.6 Å². The van der Waals surface area contributed by atoms with E-state index in [0.29, 0.717) is 6.54 Å². The van der Waals surface area contributed by atoms with Gasteiger partial charge in [-0.2, -0.15) is 0 Å². The first-order chi connectivity index (χ1) is 16.5. The van der Waals surface area contributed by atoms with Crippen molar-refractivity contribution in [3.63, 3.8) is 0 Å². The van der Waals surface area contributed by atoms with E-state index < -0.39 is 0 Å². The lowest BCUT2D eigenvalue weighted by Crippen LogP contribution is -2.42. The van der Waals surface area contributed by atoms with Gasteiger partial charge in [0.25, 0.3) is 0 Å². The Hall–Kier alpha value is -3.05. The number of likely N-dealkylation sites (tertiary alicyclic amines) is 1. The van der Waals surface area contributed by atoms with Gasteiger partial charge in [0.2, 0.25) is 5.91 Å². The predicted octanol–water partition coefficient (Wildman–Crippen LogP) is 6.01. The van der Waals surface area contributed by atoms with E-state index in [-0.39, 0.29) is 29.5 Å². The summed E-state index contributed by atoms with van der Waals surface area (Å²) in [7, 11) is 0. The average Bonchev–Trinajstić information content (AvgIpc) is 2.86. The van der Waals surface area contributed by atoms with Crippen molar-refractivity contribution in [1.29, 1.82) is 0 Å². The van der Waals surface area contributed by atoms with Crippen LogP contribution in [0.15, 0.2) is 78.9 Å². The lowest BCUT2D eigenvalue weighted by Gasteiger charge is -2.41. The maximum Gasteiger partial charge on any atom is 0.220 e. The normalized spacial score (nSPS) is 15.7. The molecule has 3 aromatic carbocycles. The van der Waals surface area contributed by atoms with Crippen LogP contribution < -0.4 is 0 Å². The van der Waals surface area contributed by atoms with Gasteiger partial charge in [0, 0.05) is 20.0 Å². The highest BCUT2D eigenvalue weighted by Crippen LogP contribution is 2.37. The van der Waals surface area contributed by atoms with E-state index in [1.54, 1.807) is 31.2 Å². The van der Waals surface area contributed by atoms with Crippen LogP contribution in [-0.4, -0.2) is 35.3 Å². The Bertz CT molecular complexity index is 1050. The highest BCUT2D eigenvalue weighted by Gasteiger charge is 2.33. The van der Waals surface area contributed by atoms with E-state index >= 15 is 0 Å². The molecule has 4 rings (SSSR count). The number of carbonyl (C=O) groups is 1. The minimum atomic E-state index is -0.295. The van der Waals surface area contributed by atoms with Gasteiger partial charge in [-0.15, -0.1) is 0 Å². The monoisotopic (exact) mass is 462 g/mol. The molecule has 1 aliphatic heterocycles. The molecule has 1 aliphatic rings. The van der Waals surface area contributed by atoms with Crippen molar-refractivity contribution in [2.24, 2.45) is 5.92 Å². The summed E-state index contributed by atoms with van der Waals surface area (Å²) in [6, 6.07) is 23.2. The van der Waals surface area contributed by atoms with E-state index in [1.807, 2.05) is 11.0 Å². The number of rotatable bonds is 8. The van der Waals surface area contributed by atoms with Gasteiger partial charge < -0.3 is 9.80 Å². The average molecular weight is 463 g/mol. The maximum absolute atomic E-state index is 13.7. The summed E-state index contributed by atoms with van der Waals surface area (Å²) in [6.45, 7) is 4.93. The van der Waals surface area contributed by atoms with Crippen molar-refractivity contribution in [2.75, 3.05) is 19.6 Å². The van der Waals surface area contributed by atoms with Gasteiger partial charge in [-0.05, 0) is 79.2 Å². The molecular formula is C29H32F2N2O. The fourth-order valence-electron chi connectivity index (χ4n) is 4.98. The highest BCUT2D eigenvalue weighted by molar-refractivity contribution is 5.74. The van der Waals surface area contributed by atoms with Crippen LogP contribution in [0.3, 0.4) is 0 Å². The van der Waals surface area contributed by atoms with Crippen LogP contribution in [0.5, 0.6) is 0 Å². The fraction of sp³-hybridized carbons (Fsp3) is 0.345. The molecule has 1 fully saturated rings. The van der Waals surface area contributed by atoms with E-state index in [0.717, 1.165) is 50.0 Å². The van der Waals surface area contributed by atoms with E-state index in [1.165, 1.54) is 29.8 Å². The third-order valence-corrected chi connectivity index (χ3v) is 6.86. The molecule has 0 spiro atoms. The molecular weight excluding hydrogens is 430 g/mol. The van der Waals surface area contributed by atoms with E-state index in [2.05, 4.69) is 29.2 Å². The Balaban J connectivity index is 1.49. The minimum Gasteiger partial charge on any atom is -0.331 e. The molecule has 3 aromatic rings. The summed E-state index contributed by atoms with van der Waals surface area (Å²) >= 11 is 0. The molecule has 3 nitrogen and oxygen atoms in total. The highest BCUT2D eigenvalue weighted by atomic mass is 19.1.